The van der Waals surface area contributed by atoms with Crippen LogP contribution in [0.25, 0.3) is 0 Å². The Morgan fingerprint density at radius 3 is 1.99 bits per heavy atom. The number of allylic oxidation sites excluding steroid dienone is 4. The highest BCUT2D eigenvalue weighted by atomic mass is 31.3. The number of aliphatic hydroxyl groups is 2. The van der Waals surface area contributed by atoms with E-state index in [2.05, 4.69) is 36.1 Å². The Hall–Kier alpha value is -3.09. The van der Waals surface area contributed by atoms with Gasteiger partial charge in [0.15, 0.2) is 18.1 Å². The number of nitrogen functional groups attached to an aromatic ring is 1. The van der Waals surface area contributed by atoms with E-state index in [-0.39, 0.29) is 24.4 Å². The van der Waals surface area contributed by atoms with E-state index in [1.54, 1.807) is 12.2 Å². The van der Waals surface area contributed by atoms with Crippen molar-refractivity contribution in [1.82, 2.24) is 9.55 Å². The number of phosphoric acid groups is 2. The molecule has 0 spiro atoms. The maximum absolute atomic E-state index is 12.8. The Bertz CT molecular complexity index is 1790. The first-order valence-electron chi connectivity index (χ1n) is 24.2. The van der Waals surface area contributed by atoms with Gasteiger partial charge in [0.05, 0.1) is 13.2 Å². The average Bonchev–Trinajstić information content (AvgIpc) is 3.54. The van der Waals surface area contributed by atoms with Crippen molar-refractivity contribution >= 4 is 39.2 Å². The van der Waals surface area contributed by atoms with Gasteiger partial charge in [-0.1, -0.05) is 135 Å². The first kappa shape index (κ1) is 60.0. The van der Waals surface area contributed by atoms with Crippen molar-refractivity contribution in [1.29, 1.82) is 0 Å². The molecule has 1 aliphatic heterocycles. The molecule has 1 aromatic heterocycles. The number of carbonyl (C=O) groups excluding carboxylic acids is 3. The molecular weight excluding hydrogens is 912 g/mol. The summed E-state index contributed by atoms with van der Waals surface area (Å²) in [5.74, 6) is -0.591. The summed E-state index contributed by atoms with van der Waals surface area (Å²) in [6.45, 7) is 4.25. The second-order valence-electron chi connectivity index (χ2n) is 17.5. The third kappa shape index (κ3) is 28.2. The third-order valence-corrected chi connectivity index (χ3v) is 13.5. The molecule has 0 amide bonds. The number of aliphatic hydroxyl groups excluding tert-OH is 2. The second kappa shape index (κ2) is 34.2. The van der Waals surface area contributed by atoms with Crippen LogP contribution in [-0.4, -0.2) is 91.5 Å². The number of esters is 2. The van der Waals surface area contributed by atoms with Crippen LogP contribution in [-0.2, 0) is 51.1 Å². The molecular formula is C46H79N3O16P2. The van der Waals surface area contributed by atoms with Crippen LogP contribution in [0.2, 0.25) is 0 Å². The topological polar surface area (TPSA) is 283 Å². The van der Waals surface area contributed by atoms with Crippen molar-refractivity contribution in [3.8, 4) is 0 Å². The normalized spacial score (nSPS) is 19.8. The second-order valence-corrected chi connectivity index (χ2v) is 20.5. The number of carbonyl (C=O) groups is 3. The quantitative estimate of drug-likeness (QED) is 0.0136. The number of rotatable bonds is 39. The summed E-state index contributed by atoms with van der Waals surface area (Å²) in [7, 11) is -10.9. The molecule has 1 saturated heterocycles. The molecule has 384 valence electrons. The zero-order valence-corrected chi connectivity index (χ0v) is 41.7. The van der Waals surface area contributed by atoms with Gasteiger partial charge < -0.3 is 39.9 Å². The predicted molar refractivity (Wildman–Crippen MR) is 252 cm³/mol. The highest BCUT2D eigenvalue weighted by molar-refractivity contribution is 7.61. The Kier molecular flexibility index (Phi) is 30.7. The first-order valence-corrected chi connectivity index (χ1v) is 27.2. The van der Waals surface area contributed by atoms with Gasteiger partial charge in [0.1, 0.15) is 30.7 Å². The number of ketones is 1. The maximum Gasteiger partial charge on any atom is 0.481 e. The summed E-state index contributed by atoms with van der Waals surface area (Å²) >= 11 is 0. The van der Waals surface area contributed by atoms with Crippen LogP contribution in [0, 0.1) is 5.92 Å². The van der Waals surface area contributed by atoms with Crippen molar-refractivity contribution < 1.29 is 71.1 Å². The van der Waals surface area contributed by atoms with Crippen LogP contribution in [0.4, 0.5) is 5.82 Å². The molecule has 0 radical (unpaired) electrons. The molecule has 1 aromatic rings. The summed E-state index contributed by atoms with van der Waals surface area (Å²) in [6.07, 6.45) is 21.0. The molecule has 0 saturated carbocycles. The highest BCUT2D eigenvalue weighted by Gasteiger charge is 2.46. The average molecular weight is 992 g/mol. The van der Waals surface area contributed by atoms with Crippen molar-refractivity contribution in [2.75, 3.05) is 25.6 Å². The van der Waals surface area contributed by atoms with Crippen molar-refractivity contribution in [3.63, 3.8) is 0 Å². The molecule has 2 unspecified atom stereocenters. The van der Waals surface area contributed by atoms with Gasteiger partial charge in [-0.25, -0.2) is 13.9 Å². The highest BCUT2D eigenvalue weighted by Crippen LogP contribution is 2.60. The molecule has 1 aliphatic rings. The van der Waals surface area contributed by atoms with Crippen molar-refractivity contribution in [2.45, 2.75) is 199 Å². The lowest BCUT2D eigenvalue weighted by Gasteiger charge is -2.21. The third-order valence-electron chi connectivity index (χ3n) is 10.9. The lowest BCUT2D eigenvalue weighted by molar-refractivity contribution is -0.161. The fourth-order valence-corrected chi connectivity index (χ4v) is 9.24. The number of hydrogen-bond acceptors (Lipinski definition) is 16. The predicted octanol–water partition coefficient (Wildman–Crippen LogP) is 8.48. The van der Waals surface area contributed by atoms with Gasteiger partial charge in [-0.2, -0.15) is 9.29 Å². The number of anilines is 1. The summed E-state index contributed by atoms with van der Waals surface area (Å²) in [5.41, 5.74) is 4.57. The standard InChI is InChI=1S/C46H79N3O16P2/c1-4-5-6-7-12-17-22-27-37(50)28-23-18-15-20-24-29-41(51)60-33-38(63-42(52)30-25-19-14-11-9-8-10-13-16-21-26-36(2)3)34-61-66(56,57)65-67(58,59)62-35-39-43(53)44(54)45(64-39)49-32-31-40(47)48-46(49)55/h12,17,22,27,31-32,36,38-39,43-45,53-54H,4-11,13-16,18-21,23-26,28-30,33-35H2,1-3H3,(H,56,57)(H,58,59)(H2,47,48,55)/b17-12-,27-22+/t38-,39-,43-,44-,45-/m1/s1. The number of unbranched alkanes of at least 4 members (excludes halogenated alkanes) is 16. The summed E-state index contributed by atoms with van der Waals surface area (Å²) in [4.78, 5) is 73.9. The molecule has 0 bridgehead atoms. The molecule has 0 aliphatic carbocycles. The number of nitrogens with zero attached hydrogens (tertiary/aromatic N) is 2. The van der Waals surface area contributed by atoms with E-state index >= 15 is 0 Å². The van der Waals surface area contributed by atoms with Gasteiger partial charge in [-0.15, -0.1) is 0 Å². The first-order chi connectivity index (χ1) is 31.9. The lowest BCUT2D eigenvalue weighted by atomic mass is 10.0. The van der Waals surface area contributed by atoms with Crippen molar-refractivity contribution in [3.05, 3.63) is 47.1 Å². The van der Waals surface area contributed by atoms with Crippen LogP contribution < -0.4 is 11.4 Å². The summed E-state index contributed by atoms with van der Waals surface area (Å²) in [6, 6.07) is 1.24. The Balaban J connectivity index is 1.84. The van der Waals surface area contributed by atoms with Gasteiger partial charge in [-0.05, 0) is 50.2 Å². The number of ether oxygens (including phenoxy) is 3. The number of aromatic nitrogens is 2. The SMILES string of the molecule is CCCCC/C=C\C=C\C(=O)CCCCCCCC(=O)OC[C@H](COP(=O)(O)OP(=O)(O)OC[C@H]1O[C@@H](n2ccc(N)nc2=O)[C@H](O)[C@@H]1O)OC(=O)CCCCCCCCCCCCC(C)C. The Morgan fingerprint density at radius 1 is 0.791 bits per heavy atom. The zero-order chi connectivity index (χ0) is 49.5. The molecule has 7 atom stereocenters. The van der Waals surface area contributed by atoms with Crippen LogP contribution in [0.5, 0.6) is 0 Å². The minimum absolute atomic E-state index is 0.0272. The van der Waals surface area contributed by atoms with Gasteiger partial charge in [0, 0.05) is 25.5 Å². The van der Waals surface area contributed by atoms with Crippen LogP contribution in [0.1, 0.15) is 175 Å². The van der Waals surface area contributed by atoms with Crippen LogP contribution >= 0.6 is 15.6 Å². The molecule has 2 rings (SSSR count). The number of nitrogens with two attached hydrogens (primary N) is 1. The number of phosphoric ester groups is 2. The maximum atomic E-state index is 12.8. The fourth-order valence-electron chi connectivity index (χ4n) is 7.13. The van der Waals surface area contributed by atoms with Gasteiger partial charge in [0.2, 0.25) is 0 Å². The van der Waals surface area contributed by atoms with E-state index in [0.717, 1.165) is 74.5 Å². The van der Waals surface area contributed by atoms with Gasteiger partial charge in [-0.3, -0.25) is 28.0 Å². The van der Waals surface area contributed by atoms with Gasteiger partial charge >= 0.3 is 33.3 Å². The largest absolute Gasteiger partial charge is 0.481 e. The summed E-state index contributed by atoms with van der Waals surface area (Å²) < 4.78 is 56.6. The minimum Gasteiger partial charge on any atom is -0.462 e. The molecule has 6 N–H and O–H groups in total. The molecule has 2 heterocycles. The molecule has 21 heteroatoms. The van der Waals surface area contributed by atoms with Crippen molar-refractivity contribution in [2.24, 2.45) is 5.92 Å². The molecule has 1 fully saturated rings. The van der Waals surface area contributed by atoms with E-state index in [9.17, 15) is 48.3 Å². The van der Waals surface area contributed by atoms with E-state index in [4.69, 9.17) is 29.0 Å². The van der Waals surface area contributed by atoms with E-state index in [0.29, 0.717) is 25.7 Å². The van der Waals surface area contributed by atoms with E-state index in [1.165, 1.54) is 57.4 Å². The summed E-state index contributed by atoms with van der Waals surface area (Å²) in [5, 5.41) is 20.9. The molecule has 67 heavy (non-hydrogen) atoms. The smallest absolute Gasteiger partial charge is 0.462 e. The molecule has 0 aromatic carbocycles. The number of hydrogen-bond donors (Lipinski definition) is 5. The Morgan fingerprint density at radius 2 is 1.37 bits per heavy atom. The van der Waals surface area contributed by atoms with Crippen LogP contribution in [0.15, 0.2) is 41.4 Å². The van der Waals surface area contributed by atoms with E-state index in [1.807, 2.05) is 6.08 Å². The van der Waals surface area contributed by atoms with Crippen LogP contribution in [0.3, 0.4) is 0 Å². The minimum atomic E-state index is -5.44. The zero-order valence-electron chi connectivity index (χ0n) is 39.9. The fraction of sp³-hybridized carbons (Fsp3) is 0.761. The Labute approximate surface area is 396 Å². The molecule has 19 nitrogen and oxygen atoms in total. The van der Waals surface area contributed by atoms with E-state index < -0.39 is 83.7 Å². The monoisotopic (exact) mass is 991 g/mol. The van der Waals surface area contributed by atoms with Gasteiger partial charge in [0.25, 0.3) is 0 Å². The lowest BCUT2D eigenvalue weighted by Crippen LogP contribution is -2.36.